The highest BCUT2D eigenvalue weighted by Gasteiger charge is 2.11. The van der Waals surface area contributed by atoms with Gasteiger partial charge >= 0.3 is 5.97 Å². The van der Waals surface area contributed by atoms with Crippen LogP contribution < -0.4 is 0 Å². The molecule has 29 heavy (non-hydrogen) atoms. The number of aromatic carboxylic acids is 1. The van der Waals surface area contributed by atoms with Gasteiger partial charge in [-0.2, -0.15) is 4.98 Å². The molecule has 1 N–H and O–H groups in total. The van der Waals surface area contributed by atoms with Gasteiger partial charge in [-0.25, -0.2) is 9.48 Å². The number of nitrogens with zero attached hydrogens (tertiary/aromatic N) is 3. The van der Waals surface area contributed by atoms with Crippen molar-refractivity contribution in [3.63, 3.8) is 0 Å². The maximum Gasteiger partial charge on any atom is 0.336 e. The highest BCUT2D eigenvalue weighted by Crippen LogP contribution is 2.24. The van der Waals surface area contributed by atoms with Gasteiger partial charge in [0.25, 0.3) is 0 Å². The van der Waals surface area contributed by atoms with Gasteiger partial charge in [0.15, 0.2) is 0 Å². The molecule has 144 valence electrons. The molecule has 0 saturated heterocycles. The molecular weight excluding hydrogens is 362 g/mol. The molecule has 0 aliphatic heterocycles. The van der Waals surface area contributed by atoms with Crippen LogP contribution in [0.3, 0.4) is 0 Å². The summed E-state index contributed by atoms with van der Waals surface area (Å²) in [5.74, 6) is 12.1. The maximum atomic E-state index is 11.5. The van der Waals surface area contributed by atoms with Crippen molar-refractivity contribution in [3.8, 4) is 34.8 Å². The Kier molecular flexibility index (Phi) is 6.45. The van der Waals surface area contributed by atoms with Gasteiger partial charge < -0.3 is 5.11 Å². The van der Waals surface area contributed by atoms with Gasteiger partial charge in [0.1, 0.15) is 0 Å². The maximum absolute atomic E-state index is 11.5. The van der Waals surface area contributed by atoms with E-state index in [0.717, 1.165) is 24.0 Å². The fraction of sp³-hybridized carbons (Fsp3) is 0.208. The van der Waals surface area contributed by atoms with E-state index in [0.29, 0.717) is 23.8 Å². The minimum Gasteiger partial charge on any atom is -0.478 e. The van der Waals surface area contributed by atoms with Crippen molar-refractivity contribution in [1.29, 1.82) is 0 Å². The van der Waals surface area contributed by atoms with Crippen LogP contribution in [-0.2, 0) is 6.54 Å². The van der Waals surface area contributed by atoms with Gasteiger partial charge in [0.2, 0.25) is 11.6 Å². The lowest BCUT2D eigenvalue weighted by atomic mass is 9.99. The van der Waals surface area contributed by atoms with Crippen molar-refractivity contribution in [2.75, 3.05) is 0 Å². The predicted octanol–water partition coefficient (Wildman–Crippen LogP) is 4.21. The van der Waals surface area contributed by atoms with E-state index in [1.807, 2.05) is 50.2 Å². The first kappa shape index (κ1) is 19.9. The first-order chi connectivity index (χ1) is 14.1. The van der Waals surface area contributed by atoms with Crippen molar-refractivity contribution in [2.45, 2.75) is 33.2 Å². The number of carboxylic acids is 1. The quantitative estimate of drug-likeness (QED) is 0.685. The van der Waals surface area contributed by atoms with E-state index in [1.165, 1.54) is 0 Å². The smallest absolute Gasteiger partial charge is 0.336 e. The molecular formula is C24H21N3O2. The predicted molar refractivity (Wildman–Crippen MR) is 112 cm³/mol. The van der Waals surface area contributed by atoms with Crippen LogP contribution >= 0.6 is 0 Å². The van der Waals surface area contributed by atoms with Crippen LogP contribution in [0.5, 0.6) is 0 Å². The monoisotopic (exact) mass is 383 g/mol. The molecule has 3 aromatic rings. The Morgan fingerprint density at radius 2 is 1.69 bits per heavy atom. The van der Waals surface area contributed by atoms with Gasteiger partial charge in [0, 0.05) is 12.8 Å². The second kappa shape index (κ2) is 9.39. The van der Waals surface area contributed by atoms with E-state index in [1.54, 1.807) is 16.8 Å². The Balaban J connectivity index is 1.88. The van der Waals surface area contributed by atoms with Crippen LogP contribution in [-0.4, -0.2) is 25.8 Å². The Labute approximate surface area is 170 Å². The molecule has 0 atom stereocenters. The van der Waals surface area contributed by atoms with Crippen molar-refractivity contribution in [1.82, 2.24) is 14.8 Å². The fourth-order valence-electron chi connectivity index (χ4n) is 2.82. The lowest BCUT2D eigenvalue weighted by Gasteiger charge is -2.08. The van der Waals surface area contributed by atoms with E-state index in [4.69, 9.17) is 0 Å². The Bertz CT molecular complexity index is 1140. The third kappa shape index (κ3) is 4.91. The summed E-state index contributed by atoms with van der Waals surface area (Å²) < 4.78 is 1.75. The molecule has 0 radical (unpaired) electrons. The zero-order valence-corrected chi connectivity index (χ0v) is 16.4. The summed E-state index contributed by atoms with van der Waals surface area (Å²) in [4.78, 5) is 15.9. The highest BCUT2D eigenvalue weighted by atomic mass is 16.4. The summed E-state index contributed by atoms with van der Waals surface area (Å²) in [6.45, 7) is 4.47. The van der Waals surface area contributed by atoms with Crippen LogP contribution in [0.1, 0.15) is 54.3 Å². The molecule has 0 unspecified atom stereocenters. The first-order valence-electron chi connectivity index (χ1n) is 9.46. The van der Waals surface area contributed by atoms with Crippen molar-refractivity contribution >= 4 is 5.97 Å². The summed E-state index contributed by atoms with van der Waals surface area (Å²) >= 11 is 0. The number of aromatic nitrogens is 3. The van der Waals surface area contributed by atoms with Crippen LogP contribution in [0.15, 0.2) is 48.5 Å². The second-order valence-corrected chi connectivity index (χ2v) is 6.27. The van der Waals surface area contributed by atoms with Crippen molar-refractivity contribution in [2.24, 2.45) is 0 Å². The number of rotatable bonds is 4. The zero-order chi connectivity index (χ0) is 20.6. The molecule has 1 heterocycles. The summed E-state index contributed by atoms with van der Waals surface area (Å²) in [6, 6.07) is 14.7. The number of carbonyl (C=O) groups is 1. The lowest BCUT2D eigenvalue weighted by Crippen LogP contribution is -2.05. The molecule has 5 heteroatoms. The molecule has 0 fully saturated rings. The van der Waals surface area contributed by atoms with Crippen molar-refractivity contribution < 1.29 is 9.90 Å². The van der Waals surface area contributed by atoms with Gasteiger partial charge in [-0.05, 0) is 34.6 Å². The van der Waals surface area contributed by atoms with E-state index in [-0.39, 0.29) is 5.56 Å². The minimum absolute atomic E-state index is 0.285. The average molecular weight is 383 g/mol. The average Bonchev–Trinajstić information content (AvgIpc) is 3.12. The molecule has 1 aromatic heterocycles. The van der Waals surface area contributed by atoms with Crippen LogP contribution in [0, 0.1) is 23.7 Å². The van der Waals surface area contributed by atoms with E-state index < -0.39 is 5.97 Å². The number of carboxylic acid groups (broad SMARTS) is 1. The van der Waals surface area contributed by atoms with Gasteiger partial charge in [0.05, 0.1) is 12.1 Å². The highest BCUT2D eigenvalue weighted by molar-refractivity contribution is 5.95. The lowest BCUT2D eigenvalue weighted by molar-refractivity contribution is 0.0697. The largest absolute Gasteiger partial charge is 0.478 e. The molecule has 3 rings (SSSR count). The van der Waals surface area contributed by atoms with Crippen LogP contribution in [0.25, 0.3) is 11.1 Å². The van der Waals surface area contributed by atoms with Crippen molar-refractivity contribution in [3.05, 3.63) is 71.3 Å². The zero-order valence-electron chi connectivity index (χ0n) is 16.4. The summed E-state index contributed by atoms with van der Waals surface area (Å²) in [5.41, 5.74) is 2.85. The van der Waals surface area contributed by atoms with Crippen LogP contribution in [0.2, 0.25) is 0 Å². The summed E-state index contributed by atoms with van der Waals surface area (Å²) in [5, 5.41) is 13.9. The molecule has 0 aliphatic carbocycles. The normalized spacial score (nSPS) is 9.86. The Morgan fingerprint density at radius 1 is 1.00 bits per heavy atom. The summed E-state index contributed by atoms with van der Waals surface area (Å²) in [6.07, 6.45) is 1.48. The second-order valence-electron chi connectivity index (χ2n) is 6.27. The Morgan fingerprint density at radius 3 is 2.38 bits per heavy atom. The van der Waals surface area contributed by atoms with Gasteiger partial charge in [-0.1, -0.05) is 68.2 Å². The third-order valence-electron chi connectivity index (χ3n) is 4.18. The van der Waals surface area contributed by atoms with Crippen LogP contribution in [0.4, 0.5) is 0 Å². The van der Waals surface area contributed by atoms with Gasteiger partial charge in [-0.3, -0.25) is 0 Å². The minimum atomic E-state index is -0.938. The molecule has 0 saturated carbocycles. The third-order valence-corrected chi connectivity index (χ3v) is 4.18. The molecule has 2 aromatic carbocycles. The van der Waals surface area contributed by atoms with E-state index >= 15 is 0 Å². The molecule has 0 spiro atoms. The fourth-order valence-corrected chi connectivity index (χ4v) is 2.82. The molecule has 0 aliphatic rings. The first-order valence-corrected chi connectivity index (χ1v) is 9.46. The van der Waals surface area contributed by atoms with Gasteiger partial charge in [-0.15, -0.1) is 5.10 Å². The molecule has 0 amide bonds. The van der Waals surface area contributed by atoms with E-state index in [2.05, 4.69) is 33.8 Å². The topological polar surface area (TPSA) is 68.0 Å². The Hall–Kier alpha value is -3.83. The van der Waals surface area contributed by atoms with E-state index in [9.17, 15) is 9.90 Å². The number of hydrogen-bond donors (Lipinski definition) is 1. The number of hydrogen-bond acceptors (Lipinski definition) is 3. The standard InChI is InChI=1S/C24H21N3O2/c1-3-5-11-22-25-23(12-6-4-2)27(26-22)17-18-13-15-19(16-14-18)20-9-7-8-10-21(20)24(28)29/h7-10,13-16H,3-4,17H2,1-2H3,(H,28,29). The number of benzene rings is 2. The molecule has 5 nitrogen and oxygen atoms in total. The summed E-state index contributed by atoms with van der Waals surface area (Å²) in [7, 11) is 0. The molecule has 0 bridgehead atoms. The SMILES string of the molecule is CCC#Cc1nc(C#CCC)n(Cc2ccc(-c3ccccc3C(=O)O)cc2)n1.